The lowest BCUT2D eigenvalue weighted by Gasteiger charge is -2.09. The van der Waals surface area contributed by atoms with Gasteiger partial charge >= 0.3 is 0 Å². The highest BCUT2D eigenvalue weighted by atomic mass is 35.5. The molecule has 1 amide bonds. The van der Waals surface area contributed by atoms with Crippen molar-refractivity contribution < 1.29 is 9.18 Å². The summed E-state index contributed by atoms with van der Waals surface area (Å²) < 4.78 is 12.9. The van der Waals surface area contributed by atoms with Crippen LogP contribution in [-0.4, -0.2) is 22.0 Å². The fourth-order valence-electron chi connectivity index (χ4n) is 1.80. The molecule has 2 rings (SSSR count). The van der Waals surface area contributed by atoms with E-state index in [9.17, 15) is 9.18 Å². The first-order valence-corrected chi connectivity index (χ1v) is 5.45. The molecule has 1 aromatic rings. The molecule has 1 N–H and O–H groups in total. The second kappa shape index (κ2) is 4.74. The molecule has 1 aliphatic rings. The number of anilines is 1. The van der Waals surface area contributed by atoms with E-state index >= 15 is 0 Å². The average molecular weight is 244 g/mol. The topological polar surface area (TPSA) is 54.9 Å². The van der Waals surface area contributed by atoms with Gasteiger partial charge in [0.1, 0.15) is 11.3 Å². The zero-order chi connectivity index (χ0) is 11.5. The van der Waals surface area contributed by atoms with Crippen LogP contribution in [0, 0.1) is 5.92 Å². The summed E-state index contributed by atoms with van der Waals surface area (Å²) in [5, 5.41) is 2.80. The SMILES string of the molecule is O=C(Nc1cncc(Cl)n1)[C@H]1CC[C@H](F)C1. The van der Waals surface area contributed by atoms with Gasteiger partial charge in [-0.3, -0.25) is 9.78 Å². The van der Waals surface area contributed by atoms with Crippen LogP contribution in [0.3, 0.4) is 0 Å². The van der Waals surface area contributed by atoms with Gasteiger partial charge in [-0.25, -0.2) is 9.37 Å². The summed E-state index contributed by atoms with van der Waals surface area (Å²) in [7, 11) is 0. The van der Waals surface area contributed by atoms with Crippen LogP contribution in [0.5, 0.6) is 0 Å². The normalized spacial score (nSPS) is 24.4. The molecule has 0 spiro atoms. The van der Waals surface area contributed by atoms with E-state index < -0.39 is 6.17 Å². The minimum Gasteiger partial charge on any atom is -0.309 e. The summed E-state index contributed by atoms with van der Waals surface area (Å²) in [6.45, 7) is 0. The Hall–Kier alpha value is -1.23. The Bertz CT molecular complexity index is 401. The third kappa shape index (κ3) is 2.66. The van der Waals surface area contributed by atoms with Crippen LogP contribution < -0.4 is 5.32 Å². The highest BCUT2D eigenvalue weighted by molar-refractivity contribution is 6.29. The molecule has 6 heteroatoms. The summed E-state index contributed by atoms with van der Waals surface area (Å²) in [5.74, 6) is -0.174. The van der Waals surface area contributed by atoms with Gasteiger partial charge in [-0.15, -0.1) is 0 Å². The smallest absolute Gasteiger partial charge is 0.228 e. The predicted octanol–water partition coefficient (Wildman–Crippen LogP) is 2.21. The Labute approximate surface area is 97.2 Å². The molecule has 1 aliphatic carbocycles. The first-order valence-electron chi connectivity index (χ1n) is 5.07. The minimum atomic E-state index is -0.860. The van der Waals surface area contributed by atoms with Crippen LogP contribution in [0.25, 0.3) is 0 Å². The molecule has 1 heterocycles. The lowest BCUT2D eigenvalue weighted by molar-refractivity contribution is -0.119. The first kappa shape index (κ1) is 11.3. The number of carbonyl (C=O) groups excluding carboxylic acids is 1. The van der Waals surface area contributed by atoms with Crippen molar-refractivity contribution >= 4 is 23.3 Å². The van der Waals surface area contributed by atoms with Gasteiger partial charge in [0.25, 0.3) is 0 Å². The third-order valence-corrected chi connectivity index (χ3v) is 2.78. The molecule has 86 valence electrons. The van der Waals surface area contributed by atoms with Crippen molar-refractivity contribution in [2.45, 2.75) is 25.4 Å². The fraction of sp³-hybridized carbons (Fsp3) is 0.500. The lowest BCUT2D eigenvalue weighted by Crippen LogP contribution is -2.21. The second-order valence-corrected chi connectivity index (χ2v) is 4.21. The van der Waals surface area contributed by atoms with Crippen molar-refractivity contribution in [1.29, 1.82) is 0 Å². The van der Waals surface area contributed by atoms with Crippen LogP contribution >= 0.6 is 11.6 Å². The Morgan fingerprint density at radius 2 is 2.31 bits per heavy atom. The molecule has 1 fully saturated rings. The maximum atomic E-state index is 12.9. The Kier molecular flexibility index (Phi) is 3.33. The monoisotopic (exact) mass is 243 g/mol. The molecular formula is C10H11ClFN3O. The summed E-state index contributed by atoms with van der Waals surface area (Å²) in [4.78, 5) is 19.4. The molecule has 1 saturated carbocycles. The van der Waals surface area contributed by atoms with E-state index in [1.54, 1.807) is 0 Å². The third-order valence-electron chi connectivity index (χ3n) is 2.60. The van der Waals surface area contributed by atoms with Crippen LogP contribution in [0.4, 0.5) is 10.2 Å². The van der Waals surface area contributed by atoms with Gasteiger partial charge in [-0.1, -0.05) is 11.6 Å². The Morgan fingerprint density at radius 1 is 1.50 bits per heavy atom. The van der Waals surface area contributed by atoms with Gasteiger partial charge < -0.3 is 5.32 Å². The van der Waals surface area contributed by atoms with E-state index in [0.717, 1.165) is 0 Å². The first-order chi connectivity index (χ1) is 7.65. The van der Waals surface area contributed by atoms with Crippen molar-refractivity contribution in [3.05, 3.63) is 17.5 Å². The zero-order valence-electron chi connectivity index (χ0n) is 8.49. The molecular weight excluding hydrogens is 233 g/mol. The number of amides is 1. The molecule has 0 bridgehead atoms. The highest BCUT2D eigenvalue weighted by Gasteiger charge is 2.29. The predicted molar refractivity (Wildman–Crippen MR) is 57.9 cm³/mol. The van der Waals surface area contributed by atoms with E-state index in [1.807, 2.05) is 0 Å². The van der Waals surface area contributed by atoms with Crippen molar-refractivity contribution in [3.8, 4) is 0 Å². The van der Waals surface area contributed by atoms with Gasteiger partial charge in [0.2, 0.25) is 5.91 Å². The molecule has 0 aliphatic heterocycles. The number of rotatable bonds is 2. The van der Waals surface area contributed by atoms with Crippen LogP contribution in [-0.2, 0) is 4.79 Å². The summed E-state index contributed by atoms with van der Waals surface area (Å²) >= 11 is 5.63. The van der Waals surface area contributed by atoms with Gasteiger partial charge in [0, 0.05) is 5.92 Å². The van der Waals surface area contributed by atoms with Gasteiger partial charge in [-0.05, 0) is 19.3 Å². The maximum absolute atomic E-state index is 12.9. The van der Waals surface area contributed by atoms with Crippen molar-refractivity contribution in [2.75, 3.05) is 5.32 Å². The lowest BCUT2D eigenvalue weighted by atomic mass is 10.1. The number of hydrogen-bond donors (Lipinski definition) is 1. The Morgan fingerprint density at radius 3 is 2.94 bits per heavy atom. The highest BCUT2D eigenvalue weighted by Crippen LogP contribution is 2.28. The number of nitrogens with zero attached hydrogens (tertiary/aromatic N) is 2. The minimum absolute atomic E-state index is 0.211. The standard InChI is InChI=1S/C10H11ClFN3O/c11-8-4-13-5-9(14-8)15-10(16)6-1-2-7(12)3-6/h4-7H,1-3H2,(H,14,15,16)/t6-,7-/m0/s1. The molecule has 0 unspecified atom stereocenters. The summed E-state index contributed by atoms with van der Waals surface area (Å²) in [5.41, 5.74) is 0. The van der Waals surface area contributed by atoms with Crippen LogP contribution in [0.1, 0.15) is 19.3 Å². The molecule has 0 radical (unpaired) electrons. The molecule has 0 saturated heterocycles. The Balaban J connectivity index is 1.97. The van der Waals surface area contributed by atoms with Gasteiger partial charge in [0.05, 0.1) is 12.4 Å². The number of aromatic nitrogens is 2. The van der Waals surface area contributed by atoms with E-state index in [1.165, 1.54) is 12.4 Å². The van der Waals surface area contributed by atoms with Crippen molar-refractivity contribution in [3.63, 3.8) is 0 Å². The number of halogens is 2. The van der Waals surface area contributed by atoms with Crippen molar-refractivity contribution in [1.82, 2.24) is 9.97 Å². The zero-order valence-corrected chi connectivity index (χ0v) is 9.25. The van der Waals surface area contributed by atoms with Gasteiger partial charge in [0.15, 0.2) is 5.82 Å². The quantitative estimate of drug-likeness (QED) is 0.867. The number of nitrogens with one attached hydrogen (secondary N) is 1. The van der Waals surface area contributed by atoms with Crippen LogP contribution in [0.2, 0.25) is 5.15 Å². The maximum Gasteiger partial charge on any atom is 0.228 e. The fourth-order valence-corrected chi connectivity index (χ4v) is 1.94. The van der Waals surface area contributed by atoms with E-state index in [2.05, 4.69) is 15.3 Å². The number of alkyl halides is 1. The number of hydrogen-bond acceptors (Lipinski definition) is 3. The molecule has 16 heavy (non-hydrogen) atoms. The van der Waals surface area contributed by atoms with E-state index in [0.29, 0.717) is 25.1 Å². The second-order valence-electron chi connectivity index (χ2n) is 3.82. The number of carbonyl (C=O) groups is 1. The molecule has 4 nitrogen and oxygen atoms in total. The van der Waals surface area contributed by atoms with E-state index in [4.69, 9.17) is 11.6 Å². The molecule has 0 aromatic carbocycles. The van der Waals surface area contributed by atoms with Crippen molar-refractivity contribution in [2.24, 2.45) is 5.92 Å². The van der Waals surface area contributed by atoms with Gasteiger partial charge in [-0.2, -0.15) is 0 Å². The summed E-state index contributed by atoms with van der Waals surface area (Å²) in [6.07, 6.45) is 3.26. The summed E-state index contributed by atoms with van der Waals surface area (Å²) in [6, 6.07) is 0. The largest absolute Gasteiger partial charge is 0.309 e. The molecule has 2 atom stereocenters. The van der Waals surface area contributed by atoms with Crippen LogP contribution in [0.15, 0.2) is 12.4 Å². The molecule has 1 aromatic heterocycles. The average Bonchev–Trinajstić information content (AvgIpc) is 2.65. The van der Waals surface area contributed by atoms with E-state index in [-0.39, 0.29) is 17.0 Å².